The first-order valence-corrected chi connectivity index (χ1v) is 5.35. The number of ether oxygens (including phenoxy) is 1. The van der Waals surface area contributed by atoms with Gasteiger partial charge in [-0.1, -0.05) is 23.2 Å². The van der Waals surface area contributed by atoms with Gasteiger partial charge in [-0.3, -0.25) is 10.1 Å². The topological polar surface area (TPSA) is 98.6 Å². The summed E-state index contributed by atoms with van der Waals surface area (Å²) in [6.45, 7) is -0.0596. The number of nitro groups is 1. The van der Waals surface area contributed by atoms with E-state index in [1.807, 2.05) is 0 Å². The minimum Gasteiger partial charge on any atom is -0.488 e. The fraction of sp³-hybridized carbons (Fsp3) is 0.333. The van der Waals surface area contributed by atoms with Crippen LogP contribution >= 0.6 is 23.2 Å². The Morgan fingerprint density at radius 3 is 2.41 bits per heavy atom. The van der Waals surface area contributed by atoms with Crippen LogP contribution in [0.1, 0.15) is 0 Å². The standard InChI is InChI=1S/C9H10Cl2N2O4/c10-7-1-5(13(15)16)2-8(11)9(7)17-4-6(14)3-12/h1-2,6,14H,3-4,12H2/t6-/m0/s1. The molecule has 0 saturated heterocycles. The summed E-state index contributed by atoms with van der Waals surface area (Å²) in [7, 11) is 0. The van der Waals surface area contributed by atoms with Gasteiger partial charge in [0, 0.05) is 18.7 Å². The van der Waals surface area contributed by atoms with E-state index >= 15 is 0 Å². The van der Waals surface area contributed by atoms with Crippen LogP contribution in [0.4, 0.5) is 5.69 Å². The second-order valence-corrected chi connectivity index (χ2v) is 4.01. The van der Waals surface area contributed by atoms with Crippen molar-refractivity contribution < 1.29 is 14.8 Å². The quantitative estimate of drug-likeness (QED) is 0.631. The van der Waals surface area contributed by atoms with Crippen LogP contribution in [0.2, 0.25) is 10.0 Å². The molecule has 0 fully saturated rings. The van der Waals surface area contributed by atoms with Gasteiger partial charge in [-0.15, -0.1) is 0 Å². The van der Waals surface area contributed by atoms with Crippen molar-refractivity contribution in [2.45, 2.75) is 6.10 Å². The van der Waals surface area contributed by atoms with Gasteiger partial charge in [0.15, 0.2) is 5.75 Å². The Hall–Kier alpha value is -1.08. The Morgan fingerprint density at radius 1 is 1.47 bits per heavy atom. The number of nitrogens with zero attached hydrogens (tertiary/aromatic N) is 1. The summed E-state index contributed by atoms with van der Waals surface area (Å²) in [5.41, 5.74) is 4.96. The van der Waals surface area contributed by atoms with E-state index < -0.39 is 11.0 Å². The van der Waals surface area contributed by atoms with Gasteiger partial charge in [0.25, 0.3) is 5.69 Å². The molecule has 1 aromatic carbocycles. The van der Waals surface area contributed by atoms with Crippen LogP contribution in [0.15, 0.2) is 12.1 Å². The zero-order valence-electron chi connectivity index (χ0n) is 8.60. The van der Waals surface area contributed by atoms with Crippen LogP contribution < -0.4 is 10.5 Å². The van der Waals surface area contributed by atoms with Gasteiger partial charge in [-0.25, -0.2) is 0 Å². The van der Waals surface area contributed by atoms with Crippen molar-refractivity contribution in [3.8, 4) is 5.75 Å². The highest BCUT2D eigenvalue weighted by atomic mass is 35.5. The first-order chi connectivity index (χ1) is 7.95. The summed E-state index contributed by atoms with van der Waals surface area (Å²) in [5, 5.41) is 19.7. The summed E-state index contributed by atoms with van der Waals surface area (Å²) < 4.78 is 5.14. The third kappa shape index (κ3) is 3.71. The summed E-state index contributed by atoms with van der Waals surface area (Å²) in [6, 6.07) is 2.25. The summed E-state index contributed by atoms with van der Waals surface area (Å²) >= 11 is 11.6. The number of nitrogens with two attached hydrogens (primary N) is 1. The average Bonchev–Trinajstić information content (AvgIpc) is 2.27. The molecule has 0 amide bonds. The number of hydrogen-bond acceptors (Lipinski definition) is 5. The second-order valence-electron chi connectivity index (χ2n) is 3.20. The fourth-order valence-corrected chi connectivity index (χ4v) is 1.62. The minimum atomic E-state index is -0.850. The van der Waals surface area contributed by atoms with Crippen molar-refractivity contribution in [3.63, 3.8) is 0 Å². The zero-order chi connectivity index (χ0) is 13.0. The van der Waals surface area contributed by atoms with Crippen molar-refractivity contribution >= 4 is 28.9 Å². The minimum absolute atomic E-state index is 0.00780. The van der Waals surface area contributed by atoms with Crippen molar-refractivity contribution in [1.29, 1.82) is 0 Å². The number of aliphatic hydroxyl groups excluding tert-OH is 1. The number of aliphatic hydroxyl groups is 1. The van der Waals surface area contributed by atoms with E-state index in [1.54, 1.807) is 0 Å². The Balaban J connectivity index is 2.90. The highest BCUT2D eigenvalue weighted by Gasteiger charge is 2.16. The van der Waals surface area contributed by atoms with Gasteiger partial charge in [0.05, 0.1) is 15.0 Å². The second kappa shape index (κ2) is 6.02. The summed E-state index contributed by atoms with van der Waals surface area (Å²) in [6.07, 6.45) is -0.850. The molecule has 17 heavy (non-hydrogen) atoms. The van der Waals surface area contributed by atoms with Crippen LogP contribution in [0.25, 0.3) is 0 Å². The zero-order valence-corrected chi connectivity index (χ0v) is 10.1. The maximum absolute atomic E-state index is 10.5. The van der Waals surface area contributed by atoms with Crippen molar-refractivity contribution in [1.82, 2.24) is 0 Å². The fourth-order valence-electron chi connectivity index (χ4n) is 1.04. The van der Waals surface area contributed by atoms with E-state index in [-0.39, 0.29) is 34.6 Å². The third-order valence-electron chi connectivity index (χ3n) is 1.89. The number of halogens is 2. The third-order valence-corrected chi connectivity index (χ3v) is 2.45. The average molecular weight is 281 g/mol. The molecule has 1 atom stereocenters. The predicted molar refractivity (Wildman–Crippen MR) is 63.7 cm³/mol. The molecule has 0 aliphatic carbocycles. The number of rotatable bonds is 5. The van der Waals surface area contributed by atoms with E-state index in [0.717, 1.165) is 12.1 Å². The van der Waals surface area contributed by atoms with E-state index in [1.165, 1.54) is 0 Å². The smallest absolute Gasteiger partial charge is 0.272 e. The predicted octanol–water partition coefficient (Wildman–Crippen LogP) is 1.60. The Kier molecular flexibility index (Phi) is 4.95. The molecule has 1 rings (SSSR count). The molecule has 1 aromatic rings. The molecule has 0 bridgehead atoms. The molecule has 3 N–H and O–H groups in total. The lowest BCUT2D eigenvalue weighted by Gasteiger charge is -2.12. The molecular weight excluding hydrogens is 271 g/mol. The molecule has 8 heteroatoms. The van der Waals surface area contributed by atoms with Crippen LogP contribution in [-0.4, -0.2) is 29.3 Å². The molecule has 0 unspecified atom stereocenters. The van der Waals surface area contributed by atoms with Crippen LogP contribution in [0.5, 0.6) is 5.75 Å². The number of benzene rings is 1. The molecule has 0 spiro atoms. The lowest BCUT2D eigenvalue weighted by atomic mass is 10.3. The van der Waals surface area contributed by atoms with Crippen LogP contribution in [-0.2, 0) is 0 Å². The molecule has 0 radical (unpaired) electrons. The van der Waals surface area contributed by atoms with Crippen molar-refractivity contribution in [2.24, 2.45) is 5.73 Å². The Labute approximate surface area is 107 Å². The number of hydrogen-bond donors (Lipinski definition) is 2. The van der Waals surface area contributed by atoms with Crippen molar-refractivity contribution in [2.75, 3.05) is 13.2 Å². The number of nitro benzene ring substituents is 1. The van der Waals surface area contributed by atoms with Gasteiger partial charge in [0.2, 0.25) is 0 Å². The molecule has 0 aliphatic heterocycles. The highest BCUT2D eigenvalue weighted by molar-refractivity contribution is 6.37. The van der Waals surface area contributed by atoms with Crippen LogP contribution in [0, 0.1) is 10.1 Å². The largest absolute Gasteiger partial charge is 0.488 e. The molecule has 0 aromatic heterocycles. The first kappa shape index (κ1) is 14.0. The Morgan fingerprint density at radius 2 is 2.00 bits per heavy atom. The molecular formula is C9H10Cl2N2O4. The van der Waals surface area contributed by atoms with Gasteiger partial charge in [-0.2, -0.15) is 0 Å². The molecule has 0 heterocycles. The van der Waals surface area contributed by atoms with Crippen LogP contribution in [0.3, 0.4) is 0 Å². The normalized spacial score (nSPS) is 12.2. The maximum Gasteiger partial charge on any atom is 0.272 e. The van der Waals surface area contributed by atoms with E-state index in [0.29, 0.717) is 0 Å². The monoisotopic (exact) mass is 280 g/mol. The Bertz CT molecular complexity index is 404. The number of non-ortho nitro benzene ring substituents is 1. The first-order valence-electron chi connectivity index (χ1n) is 4.60. The van der Waals surface area contributed by atoms with Gasteiger partial charge in [0.1, 0.15) is 12.7 Å². The lowest BCUT2D eigenvalue weighted by molar-refractivity contribution is -0.384. The van der Waals surface area contributed by atoms with E-state index in [2.05, 4.69) is 0 Å². The lowest BCUT2D eigenvalue weighted by Crippen LogP contribution is -2.26. The molecule has 0 aliphatic rings. The molecule has 0 saturated carbocycles. The highest BCUT2D eigenvalue weighted by Crippen LogP contribution is 2.36. The molecule has 6 nitrogen and oxygen atoms in total. The summed E-state index contributed by atoms with van der Waals surface area (Å²) in [5.74, 6) is 0.0893. The molecule has 94 valence electrons. The van der Waals surface area contributed by atoms with E-state index in [4.69, 9.17) is 33.7 Å². The SMILES string of the molecule is NC[C@H](O)COc1c(Cl)cc([N+](=O)[O-])cc1Cl. The van der Waals surface area contributed by atoms with E-state index in [9.17, 15) is 15.2 Å². The van der Waals surface area contributed by atoms with Gasteiger partial charge < -0.3 is 15.6 Å². The van der Waals surface area contributed by atoms with Crippen molar-refractivity contribution in [3.05, 3.63) is 32.3 Å². The summed E-state index contributed by atoms with van der Waals surface area (Å²) in [4.78, 5) is 9.91. The maximum atomic E-state index is 10.5. The van der Waals surface area contributed by atoms with Gasteiger partial charge in [-0.05, 0) is 0 Å². The van der Waals surface area contributed by atoms with Gasteiger partial charge >= 0.3 is 0 Å².